The lowest BCUT2D eigenvalue weighted by Gasteiger charge is -2.20. The molecule has 0 fully saturated rings. The summed E-state index contributed by atoms with van der Waals surface area (Å²) in [5.74, 6) is -0.241. The topological polar surface area (TPSA) is 66.8 Å². The minimum absolute atomic E-state index is 0.191. The molecule has 0 aromatic carbocycles. The Kier molecular flexibility index (Phi) is 6.37. The van der Waals surface area contributed by atoms with Crippen LogP contribution in [0.25, 0.3) is 0 Å². The van der Waals surface area contributed by atoms with Gasteiger partial charge in [-0.3, -0.25) is 0 Å². The molecule has 0 aromatic rings. The van der Waals surface area contributed by atoms with E-state index in [9.17, 15) is 15.0 Å². The van der Waals surface area contributed by atoms with E-state index >= 15 is 0 Å². The highest BCUT2D eigenvalue weighted by atomic mass is 16.5. The molecule has 2 N–H and O–H groups in total. The van der Waals surface area contributed by atoms with Gasteiger partial charge in [0.2, 0.25) is 0 Å². The van der Waals surface area contributed by atoms with E-state index in [-0.39, 0.29) is 12.0 Å². The van der Waals surface area contributed by atoms with Crippen molar-refractivity contribution in [2.24, 2.45) is 5.92 Å². The van der Waals surface area contributed by atoms with Crippen molar-refractivity contribution in [1.29, 1.82) is 0 Å². The summed E-state index contributed by atoms with van der Waals surface area (Å²) in [6.07, 6.45) is 8.34. The average molecular weight is 294 g/mol. The van der Waals surface area contributed by atoms with E-state index in [1.165, 1.54) is 31.2 Å². The van der Waals surface area contributed by atoms with Crippen LogP contribution < -0.4 is 0 Å². The number of allylic oxidation sites excluding steroid dienone is 1. The fourth-order valence-corrected chi connectivity index (χ4v) is 2.00. The van der Waals surface area contributed by atoms with Gasteiger partial charge in [0.05, 0.1) is 11.7 Å². The van der Waals surface area contributed by atoms with Crippen molar-refractivity contribution >= 4 is 5.97 Å². The molecule has 0 saturated carbocycles. The zero-order valence-corrected chi connectivity index (χ0v) is 13.2. The van der Waals surface area contributed by atoms with Crippen LogP contribution in [0, 0.1) is 5.92 Å². The molecule has 1 rings (SSSR count). The van der Waals surface area contributed by atoms with Crippen molar-refractivity contribution < 1.29 is 19.7 Å². The molecular formula is C17H26O4. The lowest BCUT2D eigenvalue weighted by atomic mass is 9.97. The van der Waals surface area contributed by atoms with Crippen LogP contribution in [-0.2, 0) is 9.53 Å². The number of hydrogen-bond acceptors (Lipinski definition) is 4. The molecule has 0 radical (unpaired) electrons. The van der Waals surface area contributed by atoms with Gasteiger partial charge in [-0.25, -0.2) is 4.79 Å². The number of ether oxygens (including phenoxy) is 1. The third-order valence-electron chi connectivity index (χ3n) is 3.83. The zero-order valence-electron chi connectivity index (χ0n) is 13.2. The summed E-state index contributed by atoms with van der Waals surface area (Å²) in [5.41, 5.74) is -0.459. The SMILES string of the molecule is C/C1=C\CC[C@H](C)[C@@H](C)OC(=O)/C=C/[C@](C)(O)/C=C/[C@@H]1O. The molecule has 0 bridgehead atoms. The summed E-state index contributed by atoms with van der Waals surface area (Å²) in [6.45, 7) is 7.30. The number of aliphatic hydroxyl groups excluding tert-OH is 1. The summed E-state index contributed by atoms with van der Waals surface area (Å²) in [4.78, 5) is 11.7. The Morgan fingerprint density at radius 3 is 2.67 bits per heavy atom. The number of hydrogen-bond donors (Lipinski definition) is 2. The van der Waals surface area contributed by atoms with Gasteiger partial charge in [0, 0.05) is 6.08 Å². The summed E-state index contributed by atoms with van der Waals surface area (Å²) < 4.78 is 5.32. The van der Waals surface area contributed by atoms with E-state index in [0.29, 0.717) is 0 Å². The van der Waals surface area contributed by atoms with Gasteiger partial charge in [-0.2, -0.15) is 0 Å². The Morgan fingerprint density at radius 1 is 1.33 bits per heavy atom. The summed E-state index contributed by atoms with van der Waals surface area (Å²) in [7, 11) is 0. The smallest absolute Gasteiger partial charge is 0.330 e. The average Bonchev–Trinajstić information content (AvgIpc) is 2.41. The Labute approximate surface area is 126 Å². The predicted octanol–water partition coefficient (Wildman–Crippen LogP) is 2.52. The Morgan fingerprint density at radius 2 is 2.00 bits per heavy atom. The molecule has 1 aliphatic rings. The Balaban J connectivity index is 2.99. The Hall–Kier alpha value is -1.39. The van der Waals surface area contributed by atoms with Crippen molar-refractivity contribution in [1.82, 2.24) is 0 Å². The first-order valence-corrected chi connectivity index (χ1v) is 7.37. The molecule has 0 aromatic heterocycles. The summed E-state index contributed by atoms with van der Waals surface area (Å²) in [6, 6.07) is 0. The van der Waals surface area contributed by atoms with Gasteiger partial charge in [0.15, 0.2) is 0 Å². The number of cyclic esters (lactones) is 1. The molecular weight excluding hydrogens is 268 g/mol. The highest BCUT2D eigenvalue weighted by Crippen LogP contribution is 2.18. The molecule has 4 heteroatoms. The minimum Gasteiger partial charge on any atom is -0.459 e. The van der Waals surface area contributed by atoms with Gasteiger partial charge in [-0.15, -0.1) is 0 Å². The molecule has 21 heavy (non-hydrogen) atoms. The van der Waals surface area contributed by atoms with Gasteiger partial charge in [-0.05, 0) is 51.2 Å². The van der Waals surface area contributed by atoms with Crippen LogP contribution in [0.15, 0.2) is 36.0 Å². The van der Waals surface area contributed by atoms with Crippen molar-refractivity contribution in [2.75, 3.05) is 0 Å². The zero-order chi connectivity index (χ0) is 16.0. The monoisotopic (exact) mass is 294 g/mol. The summed E-state index contributed by atoms with van der Waals surface area (Å²) >= 11 is 0. The van der Waals surface area contributed by atoms with E-state index in [4.69, 9.17) is 4.74 Å². The standard InChI is InChI=1S/C17H26O4/c1-12-6-5-7-13(2)15(18)8-10-17(4,20)11-9-16(19)21-14(12)3/h7-12,14-15,18,20H,5-6H2,1-4H3/b10-8+,11-9+,13-7+/t12-,14+,15-,17+/m0/s1. The second-order valence-electron chi connectivity index (χ2n) is 6.01. The molecule has 4 atom stereocenters. The molecule has 4 nitrogen and oxygen atoms in total. The van der Waals surface area contributed by atoms with Gasteiger partial charge in [-0.1, -0.05) is 25.2 Å². The third-order valence-corrected chi connectivity index (χ3v) is 3.83. The minimum atomic E-state index is -1.31. The lowest BCUT2D eigenvalue weighted by molar-refractivity contribution is -0.144. The van der Waals surface area contributed by atoms with E-state index in [0.717, 1.165) is 18.4 Å². The van der Waals surface area contributed by atoms with Crippen molar-refractivity contribution in [2.45, 2.75) is 58.3 Å². The van der Waals surface area contributed by atoms with Crippen LogP contribution in [0.5, 0.6) is 0 Å². The van der Waals surface area contributed by atoms with Crippen LogP contribution in [0.2, 0.25) is 0 Å². The fraction of sp³-hybridized carbons (Fsp3) is 0.588. The highest BCUT2D eigenvalue weighted by Gasteiger charge is 2.18. The normalized spacial score (nSPS) is 41.3. The van der Waals surface area contributed by atoms with Crippen LogP contribution in [-0.4, -0.2) is 34.0 Å². The molecule has 0 saturated heterocycles. The van der Waals surface area contributed by atoms with Gasteiger partial charge in [0.25, 0.3) is 0 Å². The number of carbonyl (C=O) groups excluding carboxylic acids is 1. The van der Waals surface area contributed by atoms with Crippen LogP contribution in [0.3, 0.4) is 0 Å². The molecule has 1 aliphatic heterocycles. The number of esters is 1. The fourth-order valence-electron chi connectivity index (χ4n) is 2.00. The molecule has 1 heterocycles. The first-order chi connectivity index (χ1) is 9.71. The molecule has 0 aliphatic carbocycles. The molecule has 0 spiro atoms. The second-order valence-corrected chi connectivity index (χ2v) is 6.01. The van der Waals surface area contributed by atoms with Gasteiger partial charge >= 0.3 is 5.97 Å². The first-order valence-electron chi connectivity index (χ1n) is 7.37. The maximum Gasteiger partial charge on any atom is 0.330 e. The largest absolute Gasteiger partial charge is 0.459 e. The van der Waals surface area contributed by atoms with E-state index in [1.54, 1.807) is 0 Å². The van der Waals surface area contributed by atoms with Gasteiger partial charge < -0.3 is 14.9 Å². The first kappa shape index (κ1) is 17.7. The quantitative estimate of drug-likeness (QED) is 0.532. The maximum absolute atomic E-state index is 11.7. The molecule has 0 unspecified atom stereocenters. The number of aliphatic hydroxyl groups is 2. The highest BCUT2D eigenvalue weighted by molar-refractivity contribution is 5.82. The number of carbonyl (C=O) groups is 1. The van der Waals surface area contributed by atoms with Gasteiger partial charge in [0.1, 0.15) is 6.10 Å². The van der Waals surface area contributed by atoms with Crippen molar-refractivity contribution in [3.8, 4) is 0 Å². The Bertz CT molecular complexity index is 446. The van der Waals surface area contributed by atoms with Crippen LogP contribution in [0.4, 0.5) is 0 Å². The van der Waals surface area contributed by atoms with E-state index < -0.39 is 17.7 Å². The van der Waals surface area contributed by atoms with Crippen LogP contribution >= 0.6 is 0 Å². The van der Waals surface area contributed by atoms with E-state index in [1.807, 2.05) is 26.8 Å². The molecule has 0 amide bonds. The van der Waals surface area contributed by atoms with E-state index in [2.05, 4.69) is 0 Å². The third kappa shape index (κ3) is 6.27. The van der Waals surface area contributed by atoms with Crippen molar-refractivity contribution in [3.05, 3.63) is 36.0 Å². The second kappa shape index (κ2) is 7.57. The van der Waals surface area contributed by atoms with Crippen molar-refractivity contribution in [3.63, 3.8) is 0 Å². The maximum atomic E-state index is 11.7. The van der Waals surface area contributed by atoms with Crippen LogP contribution in [0.1, 0.15) is 40.5 Å². The summed E-state index contributed by atoms with van der Waals surface area (Å²) in [5, 5.41) is 20.1. The number of rotatable bonds is 0. The lowest BCUT2D eigenvalue weighted by Crippen LogP contribution is -2.23. The predicted molar refractivity (Wildman–Crippen MR) is 82.6 cm³/mol. The molecule has 118 valence electrons.